The van der Waals surface area contributed by atoms with Gasteiger partial charge in [-0.25, -0.2) is 9.78 Å². The molecule has 0 spiro atoms. The quantitative estimate of drug-likeness (QED) is 0.427. The van der Waals surface area contributed by atoms with E-state index in [2.05, 4.69) is 15.0 Å². The number of pyridine rings is 2. The second-order valence-corrected chi connectivity index (χ2v) is 7.43. The molecule has 5 heterocycles. The maximum absolute atomic E-state index is 11.9. The lowest BCUT2D eigenvalue weighted by Crippen LogP contribution is -2.34. The van der Waals surface area contributed by atoms with Gasteiger partial charge >= 0.3 is 17.9 Å². The first-order valence-electron chi connectivity index (χ1n) is 10.0. The van der Waals surface area contributed by atoms with Gasteiger partial charge in [-0.2, -0.15) is 0 Å². The van der Waals surface area contributed by atoms with Crippen LogP contribution in [0.15, 0.2) is 42.9 Å². The molecule has 2 aliphatic heterocycles. The van der Waals surface area contributed by atoms with Crippen molar-refractivity contribution in [2.75, 3.05) is 24.7 Å². The number of imidazole rings is 1. The second-order valence-electron chi connectivity index (χ2n) is 7.43. The van der Waals surface area contributed by atoms with Crippen molar-refractivity contribution in [3.63, 3.8) is 0 Å². The Labute approximate surface area is 186 Å². The molecule has 170 valence electrons. The van der Waals surface area contributed by atoms with E-state index in [4.69, 9.17) is 19.3 Å². The Morgan fingerprint density at radius 1 is 1.21 bits per heavy atom. The summed E-state index contributed by atoms with van der Waals surface area (Å²) in [5.41, 5.74) is 1.98. The number of fused-ring (bicyclic) bond motifs is 1. The minimum absolute atomic E-state index is 0.188. The zero-order valence-corrected chi connectivity index (χ0v) is 17.1. The zero-order valence-electron chi connectivity index (χ0n) is 17.1. The summed E-state index contributed by atoms with van der Waals surface area (Å²) in [5.74, 6) is 0.0957. The molecule has 0 radical (unpaired) electrons. The number of nitro groups is 1. The highest BCUT2D eigenvalue weighted by atomic mass is 16.6. The maximum atomic E-state index is 11.9. The summed E-state index contributed by atoms with van der Waals surface area (Å²) in [7, 11) is 0. The van der Waals surface area contributed by atoms with Gasteiger partial charge in [0, 0.05) is 22.8 Å². The Kier molecular flexibility index (Phi) is 5.22. The van der Waals surface area contributed by atoms with Gasteiger partial charge in [0.05, 0.1) is 37.3 Å². The second kappa shape index (κ2) is 8.35. The van der Waals surface area contributed by atoms with Crippen molar-refractivity contribution < 1.29 is 29.0 Å². The molecule has 2 aliphatic rings. The lowest BCUT2D eigenvalue weighted by atomic mass is 10.2. The van der Waals surface area contributed by atoms with Crippen molar-refractivity contribution >= 4 is 17.6 Å². The third-order valence-electron chi connectivity index (χ3n) is 5.17. The first-order chi connectivity index (χ1) is 16.0. The standard InChI is InChI=1S/C20H18N6O7/c27-10-14-8-25(20(28)33-14)13-2-3-16(21-6-13)12-1-4-18(22-5-12)32-15-7-24-9-17(26(29)30)23-19(24)31-11-15/h1-6,9,14-15,27H,7-8,10-11H2/t14-,15-/m0/s1. The van der Waals surface area contributed by atoms with Crippen molar-refractivity contribution in [2.45, 2.75) is 18.8 Å². The number of hydrogen-bond donors (Lipinski definition) is 1. The smallest absolute Gasteiger partial charge is 0.414 e. The van der Waals surface area contributed by atoms with E-state index >= 15 is 0 Å². The van der Waals surface area contributed by atoms with Gasteiger partial charge in [-0.1, -0.05) is 0 Å². The Morgan fingerprint density at radius 3 is 2.76 bits per heavy atom. The molecule has 1 amide bonds. The number of hydrogen-bond acceptors (Lipinski definition) is 10. The molecule has 1 N–H and O–H groups in total. The predicted octanol–water partition coefficient (Wildman–Crippen LogP) is 1.41. The molecule has 1 saturated heterocycles. The zero-order chi connectivity index (χ0) is 22.9. The first-order valence-corrected chi connectivity index (χ1v) is 10.0. The molecular weight excluding hydrogens is 436 g/mol. The van der Waals surface area contributed by atoms with Gasteiger partial charge in [-0.15, -0.1) is 0 Å². The largest absolute Gasteiger partial charge is 0.469 e. The summed E-state index contributed by atoms with van der Waals surface area (Å²) in [6.45, 7) is 0.572. The fourth-order valence-corrected chi connectivity index (χ4v) is 3.55. The Balaban J connectivity index is 1.23. The number of rotatable bonds is 6. The van der Waals surface area contributed by atoms with Crippen LogP contribution < -0.4 is 14.4 Å². The molecule has 0 bridgehead atoms. The van der Waals surface area contributed by atoms with Crippen molar-refractivity contribution in [1.82, 2.24) is 19.5 Å². The van der Waals surface area contributed by atoms with Crippen molar-refractivity contribution in [2.24, 2.45) is 0 Å². The Bertz CT molecular complexity index is 1180. The Morgan fingerprint density at radius 2 is 2.09 bits per heavy atom. The third-order valence-corrected chi connectivity index (χ3v) is 5.17. The lowest BCUT2D eigenvalue weighted by molar-refractivity contribution is -0.389. The van der Waals surface area contributed by atoms with E-state index in [1.54, 1.807) is 36.7 Å². The summed E-state index contributed by atoms with van der Waals surface area (Å²) in [4.78, 5) is 36.1. The summed E-state index contributed by atoms with van der Waals surface area (Å²) < 4.78 is 17.9. The van der Waals surface area contributed by atoms with Gasteiger partial charge in [-0.05, 0) is 23.1 Å². The van der Waals surface area contributed by atoms with Crippen LogP contribution >= 0.6 is 0 Å². The summed E-state index contributed by atoms with van der Waals surface area (Å²) in [6.07, 6.45) is 3.03. The molecule has 2 atom stereocenters. The van der Waals surface area contributed by atoms with Gasteiger partial charge in [0.15, 0.2) is 6.10 Å². The van der Waals surface area contributed by atoms with Crippen LogP contribution in [0.1, 0.15) is 0 Å². The maximum Gasteiger partial charge on any atom is 0.414 e. The van der Waals surface area contributed by atoms with Gasteiger partial charge in [0.25, 0.3) is 0 Å². The van der Waals surface area contributed by atoms with Crippen LogP contribution in [-0.4, -0.2) is 67.6 Å². The highest BCUT2D eigenvalue weighted by Crippen LogP contribution is 2.26. The number of anilines is 1. The minimum atomic E-state index is -0.575. The average molecular weight is 454 g/mol. The molecule has 5 rings (SSSR count). The first kappa shape index (κ1) is 20.6. The summed E-state index contributed by atoms with van der Waals surface area (Å²) in [6, 6.07) is 7.19. The van der Waals surface area contributed by atoms with E-state index in [0.717, 1.165) is 5.56 Å². The molecule has 1 fully saturated rings. The SMILES string of the molecule is O=C1O[C@H](CO)CN1c1ccc(-c2ccc(O[C@@H]3COc4nc([N+](=O)[O-])cn4C3)nc2)nc1. The molecule has 13 nitrogen and oxygen atoms in total. The minimum Gasteiger partial charge on any atom is -0.469 e. The van der Waals surface area contributed by atoms with E-state index in [9.17, 15) is 14.9 Å². The van der Waals surface area contributed by atoms with Crippen LogP contribution in [0.3, 0.4) is 0 Å². The number of aliphatic hydroxyl groups is 1. The number of cyclic esters (lactones) is 1. The number of carbonyl (C=O) groups excluding carboxylic acids is 1. The lowest BCUT2D eigenvalue weighted by Gasteiger charge is -2.22. The molecule has 3 aromatic rings. The van der Waals surface area contributed by atoms with E-state index in [-0.39, 0.29) is 37.7 Å². The van der Waals surface area contributed by atoms with E-state index < -0.39 is 17.1 Å². The summed E-state index contributed by atoms with van der Waals surface area (Å²) >= 11 is 0. The van der Waals surface area contributed by atoms with E-state index in [1.807, 2.05) is 0 Å². The third kappa shape index (κ3) is 4.13. The number of nitrogens with zero attached hydrogens (tertiary/aromatic N) is 6. The number of aromatic nitrogens is 4. The van der Waals surface area contributed by atoms with Gasteiger partial charge in [-0.3, -0.25) is 14.5 Å². The fraction of sp³-hybridized carbons (Fsp3) is 0.300. The molecule has 0 aromatic carbocycles. The van der Waals surface area contributed by atoms with E-state index in [0.29, 0.717) is 23.8 Å². The van der Waals surface area contributed by atoms with Crippen molar-refractivity contribution in [3.8, 4) is 23.1 Å². The van der Waals surface area contributed by atoms with Crippen LogP contribution in [0.25, 0.3) is 11.3 Å². The van der Waals surface area contributed by atoms with Crippen molar-refractivity contribution in [3.05, 3.63) is 53.0 Å². The molecule has 3 aromatic heterocycles. The van der Waals surface area contributed by atoms with Crippen LogP contribution in [-0.2, 0) is 11.3 Å². The number of carbonyl (C=O) groups is 1. The van der Waals surface area contributed by atoms with Gasteiger partial charge in [0.2, 0.25) is 5.88 Å². The van der Waals surface area contributed by atoms with Crippen LogP contribution in [0.2, 0.25) is 0 Å². The Hall–Kier alpha value is -4.26. The molecule has 0 aliphatic carbocycles. The van der Waals surface area contributed by atoms with Crippen LogP contribution in [0.5, 0.6) is 11.9 Å². The van der Waals surface area contributed by atoms with Crippen molar-refractivity contribution in [1.29, 1.82) is 0 Å². The highest BCUT2D eigenvalue weighted by Gasteiger charge is 2.32. The molecular formula is C20H18N6O7. The number of aliphatic hydroxyl groups excluding tert-OH is 1. The fourth-order valence-electron chi connectivity index (χ4n) is 3.55. The molecule has 13 heteroatoms. The van der Waals surface area contributed by atoms with Gasteiger partial charge < -0.3 is 29.4 Å². The average Bonchev–Trinajstić information content (AvgIpc) is 3.43. The number of amides is 1. The van der Waals surface area contributed by atoms with E-state index in [1.165, 1.54) is 15.7 Å². The summed E-state index contributed by atoms with van der Waals surface area (Å²) in [5, 5.41) is 20.0. The molecule has 33 heavy (non-hydrogen) atoms. The van der Waals surface area contributed by atoms with Crippen LogP contribution in [0, 0.1) is 10.1 Å². The highest BCUT2D eigenvalue weighted by molar-refractivity contribution is 5.89. The van der Waals surface area contributed by atoms with Gasteiger partial charge in [0.1, 0.15) is 18.9 Å². The molecule has 0 saturated carbocycles. The predicted molar refractivity (Wildman–Crippen MR) is 111 cm³/mol. The van der Waals surface area contributed by atoms with Crippen LogP contribution in [0.4, 0.5) is 16.3 Å². The molecule has 0 unspecified atom stereocenters. The number of ether oxygens (including phenoxy) is 3. The topological polar surface area (TPSA) is 155 Å². The normalized spacial score (nSPS) is 19.5. The monoisotopic (exact) mass is 454 g/mol.